The van der Waals surface area contributed by atoms with Crippen molar-refractivity contribution in [2.75, 3.05) is 12.4 Å². The highest BCUT2D eigenvalue weighted by molar-refractivity contribution is 9.09. The summed E-state index contributed by atoms with van der Waals surface area (Å²) in [6.07, 6.45) is 1.50. The zero-order chi connectivity index (χ0) is 10.7. The molecule has 1 amide bonds. The van der Waals surface area contributed by atoms with Crippen LogP contribution in [0, 0.1) is 6.92 Å². The molecule has 1 heterocycles. The van der Waals surface area contributed by atoms with Crippen molar-refractivity contribution < 1.29 is 9.21 Å². The van der Waals surface area contributed by atoms with Crippen LogP contribution in [0.15, 0.2) is 16.7 Å². The van der Waals surface area contributed by atoms with Crippen LogP contribution in [0.4, 0.5) is 0 Å². The molecule has 0 saturated heterocycles. The predicted octanol–water partition coefficient (Wildman–Crippen LogP) is 2.44. The Bertz CT molecular complexity index is 322. The van der Waals surface area contributed by atoms with Crippen molar-refractivity contribution in [3.8, 4) is 0 Å². The summed E-state index contributed by atoms with van der Waals surface area (Å²) in [5.41, 5.74) is 0.609. The van der Waals surface area contributed by atoms with Crippen molar-refractivity contribution in [2.45, 2.75) is 19.9 Å². The van der Waals surface area contributed by atoms with Crippen LogP contribution in [0.5, 0.6) is 0 Å². The summed E-state index contributed by atoms with van der Waals surface area (Å²) in [5, 5.41) is 0.770. The number of aryl methyl sites for hydroxylation is 1. The number of carbonyl (C=O) groups is 1. The summed E-state index contributed by atoms with van der Waals surface area (Å²) in [5.74, 6) is 0.752. The molecule has 1 atom stereocenters. The van der Waals surface area contributed by atoms with Gasteiger partial charge in [-0.05, 0) is 19.9 Å². The second-order valence-corrected chi connectivity index (χ2v) is 4.01. The van der Waals surface area contributed by atoms with Gasteiger partial charge in [-0.2, -0.15) is 0 Å². The molecular formula is C10H14BrNO2. The van der Waals surface area contributed by atoms with Gasteiger partial charge in [0.2, 0.25) is 0 Å². The number of halogens is 1. The molecule has 14 heavy (non-hydrogen) atoms. The molecule has 0 fully saturated rings. The molecule has 1 rings (SSSR count). The van der Waals surface area contributed by atoms with Crippen LogP contribution in [-0.2, 0) is 0 Å². The lowest BCUT2D eigenvalue weighted by Crippen LogP contribution is -2.35. The number of hydrogen-bond acceptors (Lipinski definition) is 2. The second kappa shape index (κ2) is 4.64. The first kappa shape index (κ1) is 11.3. The fourth-order valence-electron chi connectivity index (χ4n) is 1.06. The SMILES string of the molecule is Cc1cc(C(=O)N(C)C(C)CBr)co1. The Morgan fingerprint density at radius 3 is 2.79 bits per heavy atom. The molecular weight excluding hydrogens is 246 g/mol. The van der Waals surface area contributed by atoms with E-state index in [0.717, 1.165) is 11.1 Å². The zero-order valence-electron chi connectivity index (χ0n) is 8.58. The summed E-state index contributed by atoms with van der Waals surface area (Å²) in [4.78, 5) is 13.5. The molecule has 1 unspecified atom stereocenters. The van der Waals surface area contributed by atoms with Gasteiger partial charge in [0.05, 0.1) is 5.56 Å². The molecule has 1 aromatic rings. The Hall–Kier alpha value is -0.770. The Balaban J connectivity index is 2.75. The van der Waals surface area contributed by atoms with E-state index in [2.05, 4.69) is 15.9 Å². The molecule has 0 aromatic carbocycles. The smallest absolute Gasteiger partial charge is 0.257 e. The van der Waals surface area contributed by atoms with E-state index in [-0.39, 0.29) is 11.9 Å². The molecule has 0 N–H and O–H groups in total. The summed E-state index contributed by atoms with van der Waals surface area (Å²) in [6, 6.07) is 1.93. The van der Waals surface area contributed by atoms with Crippen molar-refractivity contribution in [1.82, 2.24) is 4.90 Å². The quantitative estimate of drug-likeness (QED) is 0.782. The first-order valence-corrected chi connectivity index (χ1v) is 5.56. The minimum absolute atomic E-state index is 0.00574. The molecule has 0 spiro atoms. The normalized spacial score (nSPS) is 12.6. The topological polar surface area (TPSA) is 33.5 Å². The zero-order valence-corrected chi connectivity index (χ0v) is 10.2. The number of hydrogen-bond donors (Lipinski definition) is 0. The molecule has 0 saturated carbocycles. The monoisotopic (exact) mass is 259 g/mol. The van der Waals surface area contributed by atoms with E-state index in [1.807, 2.05) is 13.8 Å². The first-order chi connectivity index (χ1) is 6.56. The Labute approximate surface area is 92.2 Å². The van der Waals surface area contributed by atoms with Crippen LogP contribution < -0.4 is 0 Å². The highest BCUT2D eigenvalue weighted by atomic mass is 79.9. The number of amides is 1. The molecule has 0 bridgehead atoms. The van der Waals surface area contributed by atoms with Crippen molar-refractivity contribution in [3.05, 3.63) is 23.7 Å². The molecule has 0 aliphatic heterocycles. The van der Waals surface area contributed by atoms with Gasteiger partial charge in [-0.1, -0.05) is 15.9 Å². The Morgan fingerprint density at radius 2 is 2.36 bits per heavy atom. The standard InChI is InChI=1S/C10H14BrNO2/c1-7(5-11)12(3)10(13)9-4-8(2)14-6-9/h4,6-7H,5H2,1-3H3. The minimum Gasteiger partial charge on any atom is -0.469 e. The van der Waals surface area contributed by atoms with E-state index in [9.17, 15) is 4.79 Å². The number of nitrogens with zero attached hydrogens (tertiary/aromatic N) is 1. The third kappa shape index (κ3) is 2.38. The van der Waals surface area contributed by atoms with Crippen LogP contribution in [0.2, 0.25) is 0 Å². The van der Waals surface area contributed by atoms with Gasteiger partial charge in [-0.3, -0.25) is 4.79 Å². The van der Waals surface area contributed by atoms with Crippen LogP contribution in [0.3, 0.4) is 0 Å². The summed E-state index contributed by atoms with van der Waals surface area (Å²) in [7, 11) is 1.79. The maximum absolute atomic E-state index is 11.8. The average Bonchev–Trinajstić information content (AvgIpc) is 2.61. The Kier molecular flexibility index (Phi) is 3.75. The third-order valence-electron chi connectivity index (χ3n) is 2.18. The molecule has 0 aliphatic carbocycles. The van der Waals surface area contributed by atoms with Crippen LogP contribution in [-0.4, -0.2) is 29.2 Å². The number of alkyl halides is 1. The summed E-state index contributed by atoms with van der Waals surface area (Å²) in [6.45, 7) is 3.81. The van der Waals surface area contributed by atoms with Gasteiger partial charge in [-0.25, -0.2) is 0 Å². The highest BCUT2D eigenvalue weighted by Gasteiger charge is 2.17. The largest absolute Gasteiger partial charge is 0.469 e. The van der Waals surface area contributed by atoms with Gasteiger partial charge < -0.3 is 9.32 Å². The van der Waals surface area contributed by atoms with Crippen molar-refractivity contribution in [1.29, 1.82) is 0 Å². The predicted molar refractivity (Wildman–Crippen MR) is 58.8 cm³/mol. The fraction of sp³-hybridized carbons (Fsp3) is 0.500. The van der Waals surface area contributed by atoms with Gasteiger partial charge in [0.15, 0.2) is 0 Å². The van der Waals surface area contributed by atoms with Crippen molar-refractivity contribution in [2.24, 2.45) is 0 Å². The molecule has 78 valence electrons. The first-order valence-electron chi connectivity index (χ1n) is 4.44. The number of furan rings is 1. The van der Waals surface area contributed by atoms with E-state index in [4.69, 9.17) is 4.42 Å². The molecule has 1 aromatic heterocycles. The van der Waals surface area contributed by atoms with E-state index >= 15 is 0 Å². The lowest BCUT2D eigenvalue weighted by Gasteiger charge is -2.22. The van der Waals surface area contributed by atoms with E-state index in [1.54, 1.807) is 18.0 Å². The van der Waals surface area contributed by atoms with Crippen molar-refractivity contribution in [3.63, 3.8) is 0 Å². The van der Waals surface area contributed by atoms with Gasteiger partial charge in [0.25, 0.3) is 5.91 Å². The maximum atomic E-state index is 11.8. The van der Waals surface area contributed by atoms with E-state index < -0.39 is 0 Å². The molecule has 3 nitrogen and oxygen atoms in total. The van der Waals surface area contributed by atoms with E-state index in [0.29, 0.717) is 5.56 Å². The van der Waals surface area contributed by atoms with Gasteiger partial charge in [-0.15, -0.1) is 0 Å². The molecule has 4 heteroatoms. The van der Waals surface area contributed by atoms with E-state index in [1.165, 1.54) is 6.26 Å². The summed E-state index contributed by atoms with van der Waals surface area (Å²) < 4.78 is 5.09. The highest BCUT2D eigenvalue weighted by Crippen LogP contribution is 2.11. The third-order valence-corrected chi connectivity index (χ3v) is 3.12. The fourth-order valence-corrected chi connectivity index (χ4v) is 1.50. The molecule has 0 aliphatic rings. The number of rotatable bonds is 3. The second-order valence-electron chi connectivity index (χ2n) is 3.37. The number of carbonyl (C=O) groups excluding carboxylic acids is 1. The van der Waals surface area contributed by atoms with Crippen molar-refractivity contribution >= 4 is 21.8 Å². The molecule has 0 radical (unpaired) electrons. The van der Waals surface area contributed by atoms with Crippen LogP contribution in [0.25, 0.3) is 0 Å². The lowest BCUT2D eigenvalue weighted by atomic mass is 10.2. The Morgan fingerprint density at radius 1 is 1.71 bits per heavy atom. The average molecular weight is 260 g/mol. The minimum atomic E-state index is -0.00574. The summed E-state index contributed by atoms with van der Waals surface area (Å²) >= 11 is 3.34. The van der Waals surface area contributed by atoms with Gasteiger partial charge in [0, 0.05) is 18.4 Å². The maximum Gasteiger partial charge on any atom is 0.257 e. The van der Waals surface area contributed by atoms with Crippen LogP contribution in [0.1, 0.15) is 23.0 Å². The van der Waals surface area contributed by atoms with Gasteiger partial charge in [0.1, 0.15) is 12.0 Å². The lowest BCUT2D eigenvalue weighted by molar-refractivity contribution is 0.0757. The van der Waals surface area contributed by atoms with Gasteiger partial charge >= 0.3 is 0 Å². The van der Waals surface area contributed by atoms with Crippen LogP contribution >= 0.6 is 15.9 Å².